The molecule has 4 rings (SSSR count). The van der Waals surface area contributed by atoms with E-state index in [2.05, 4.69) is 10.2 Å². The maximum Gasteiger partial charge on any atom is 0.335 e. The van der Waals surface area contributed by atoms with Crippen molar-refractivity contribution in [3.63, 3.8) is 0 Å². The zero-order valence-electron chi connectivity index (χ0n) is 18.0. The summed E-state index contributed by atoms with van der Waals surface area (Å²) in [7, 11) is 3.06. The number of carbonyl (C=O) groups excluding carboxylic acids is 3. The van der Waals surface area contributed by atoms with E-state index in [1.54, 1.807) is 13.2 Å². The molecule has 0 spiro atoms. The van der Waals surface area contributed by atoms with Crippen LogP contribution in [0, 0.1) is 0 Å². The minimum atomic E-state index is -0.903. The first kappa shape index (κ1) is 22.9. The highest BCUT2D eigenvalue weighted by molar-refractivity contribution is 6.42. The molecule has 33 heavy (non-hydrogen) atoms. The molecular formula is C23H21Cl2N3O5. The maximum atomic E-state index is 13.2. The number of carbonyl (C=O) groups is 3. The van der Waals surface area contributed by atoms with Gasteiger partial charge in [-0.25, -0.2) is 9.69 Å². The number of urea groups is 1. The minimum Gasteiger partial charge on any atom is -0.496 e. The predicted molar refractivity (Wildman–Crippen MR) is 126 cm³/mol. The van der Waals surface area contributed by atoms with Crippen molar-refractivity contribution in [1.29, 1.82) is 0 Å². The smallest absolute Gasteiger partial charge is 0.335 e. The number of hydrogen-bond donors (Lipinski definition) is 1. The molecule has 2 aromatic carbocycles. The molecule has 2 fully saturated rings. The van der Waals surface area contributed by atoms with Crippen LogP contribution in [0.15, 0.2) is 35.9 Å². The lowest BCUT2D eigenvalue weighted by Crippen LogP contribution is -2.54. The first-order valence-electron chi connectivity index (χ1n) is 10.2. The van der Waals surface area contributed by atoms with Gasteiger partial charge in [-0.05, 0) is 43.2 Å². The summed E-state index contributed by atoms with van der Waals surface area (Å²) in [6, 6.07) is 6.96. The molecule has 0 aromatic heterocycles. The van der Waals surface area contributed by atoms with E-state index >= 15 is 0 Å². The van der Waals surface area contributed by atoms with E-state index in [0.29, 0.717) is 22.1 Å². The van der Waals surface area contributed by atoms with Crippen molar-refractivity contribution < 1.29 is 23.9 Å². The Kier molecular flexibility index (Phi) is 6.49. The number of methoxy groups -OCH3 is 2. The van der Waals surface area contributed by atoms with Crippen LogP contribution in [0.25, 0.3) is 6.08 Å². The lowest BCUT2D eigenvalue weighted by molar-refractivity contribution is -0.122. The summed E-state index contributed by atoms with van der Waals surface area (Å²) in [5.41, 5.74) is 1.18. The molecule has 2 aromatic rings. The third-order valence-corrected chi connectivity index (χ3v) is 6.07. The summed E-state index contributed by atoms with van der Waals surface area (Å²) in [4.78, 5) is 41.3. The highest BCUT2D eigenvalue weighted by atomic mass is 35.5. The molecule has 0 atom stereocenters. The topological polar surface area (TPSA) is 88.2 Å². The van der Waals surface area contributed by atoms with Crippen LogP contribution in [0.1, 0.15) is 18.4 Å². The molecule has 1 N–H and O–H groups in total. The normalized spacial score (nSPS) is 17.6. The molecule has 0 unspecified atom stereocenters. The van der Waals surface area contributed by atoms with Gasteiger partial charge >= 0.3 is 6.03 Å². The maximum absolute atomic E-state index is 13.2. The largest absolute Gasteiger partial charge is 0.496 e. The molecule has 2 aliphatic heterocycles. The van der Waals surface area contributed by atoms with E-state index in [4.69, 9.17) is 32.7 Å². The quantitative estimate of drug-likeness (QED) is 0.498. The predicted octanol–water partition coefficient (Wildman–Crippen LogP) is 4.28. The van der Waals surface area contributed by atoms with Gasteiger partial charge in [0.2, 0.25) is 0 Å². The van der Waals surface area contributed by atoms with Crippen LogP contribution >= 0.6 is 23.2 Å². The van der Waals surface area contributed by atoms with Gasteiger partial charge in [-0.3, -0.25) is 14.9 Å². The number of anilines is 2. The Labute approximate surface area is 200 Å². The highest BCUT2D eigenvalue weighted by Gasteiger charge is 2.38. The Morgan fingerprint density at radius 1 is 0.939 bits per heavy atom. The Hall–Kier alpha value is -3.23. The fourth-order valence-electron chi connectivity index (χ4n) is 3.92. The van der Waals surface area contributed by atoms with E-state index < -0.39 is 17.8 Å². The molecular weight excluding hydrogens is 469 g/mol. The molecule has 2 saturated heterocycles. The number of amides is 4. The summed E-state index contributed by atoms with van der Waals surface area (Å²) < 4.78 is 11.1. The van der Waals surface area contributed by atoms with Crippen molar-refractivity contribution in [2.24, 2.45) is 0 Å². The van der Waals surface area contributed by atoms with E-state index in [1.165, 1.54) is 31.4 Å². The van der Waals surface area contributed by atoms with Crippen molar-refractivity contribution in [2.45, 2.75) is 12.8 Å². The van der Waals surface area contributed by atoms with E-state index in [1.807, 2.05) is 6.07 Å². The summed E-state index contributed by atoms with van der Waals surface area (Å²) in [6.45, 7) is 1.81. The van der Waals surface area contributed by atoms with Crippen LogP contribution in [0.5, 0.6) is 11.5 Å². The molecule has 4 amide bonds. The van der Waals surface area contributed by atoms with Gasteiger partial charge in [0.1, 0.15) is 17.1 Å². The highest BCUT2D eigenvalue weighted by Crippen LogP contribution is 2.38. The molecule has 8 nitrogen and oxygen atoms in total. The molecule has 0 saturated carbocycles. The summed E-state index contributed by atoms with van der Waals surface area (Å²) >= 11 is 12.1. The fraction of sp³-hybridized carbons (Fsp3) is 0.261. The van der Waals surface area contributed by atoms with Crippen molar-refractivity contribution in [2.75, 3.05) is 37.1 Å². The Morgan fingerprint density at radius 2 is 1.64 bits per heavy atom. The van der Waals surface area contributed by atoms with Gasteiger partial charge < -0.3 is 14.4 Å². The van der Waals surface area contributed by atoms with Crippen LogP contribution in [0.4, 0.5) is 16.2 Å². The van der Waals surface area contributed by atoms with Crippen molar-refractivity contribution in [3.8, 4) is 11.5 Å². The van der Waals surface area contributed by atoms with Gasteiger partial charge in [-0.2, -0.15) is 0 Å². The van der Waals surface area contributed by atoms with Gasteiger partial charge in [-0.15, -0.1) is 0 Å². The number of nitrogens with zero attached hydrogens (tertiary/aromatic N) is 2. The van der Waals surface area contributed by atoms with Gasteiger partial charge in [-0.1, -0.05) is 23.2 Å². The zero-order valence-corrected chi connectivity index (χ0v) is 19.5. The standard InChI is InChI=1S/C23H21Cl2N3O5/c1-32-19-12-18(27-7-3-4-8-27)20(33-2)10-13(19)9-15-21(29)26-23(31)28(22(15)30)17-6-5-14(24)11-16(17)25/h5-6,9-12H,3-4,7-8H2,1-2H3,(H,26,29,31)/b15-9+. The summed E-state index contributed by atoms with van der Waals surface area (Å²) in [5.74, 6) is -0.603. The van der Waals surface area contributed by atoms with Gasteiger partial charge in [0.15, 0.2) is 0 Å². The lowest BCUT2D eigenvalue weighted by atomic mass is 10.0. The van der Waals surface area contributed by atoms with Crippen LogP contribution in [-0.2, 0) is 9.59 Å². The average Bonchev–Trinajstić information content (AvgIpc) is 3.32. The van der Waals surface area contributed by atoms with Crippen LogP contribution in [0.3, 0.4) is 0 Å². The molecule has 0 radical (unpaired) electrons. The number of benzene rings is 2. The zero-order chi connectivity index (χ0) is 23.7. The van der Waals surface area contributed by atoms with Crippen molar-refractivity contribution in [1.82, 2.24) is 5.32 Å². The fourth-order valence-corrected chi connectivity index (χ4v) is 4.41. The number of hydrogen-bond acceptors (Lipinski definition) is 6. The van der Waals surface area contributed by atoms with E-state index in [9.17, 15) is 14.4 Å². The second-order valence-corrected chi connectivity index (χ2v) is 8.36. The van der Waals surface area contributed by atoms with Gasteiger partial charge in [0.05, 0.1) is 30.6 Å². The third kappa shape index (κ3) is 4.36. The third-order valence-electron chi connectivity index (χ3n) is 5.53. The number of halogens is 2. The van der Waals surface area contributed by atoms with Crippen LogP contribution < -0.4 is 24.6 Å². The Balaban J connectivity index is 1.77. The summed E-state index contributed by atoms with van der Waals surface area (Å²) in [6.07, 6.45) is 3.54. The molecule has 10 heteroatoms. The number of imide groups is 2. The molecule has 2 heterocycles. The molecule has 2 aliphatic rings. The number of nitrogens with one attached hydrogen (secondary N) is 1. The second kappa shape index (κ2) is 9.33. The Morgan fingerprint density at radius 3 is 2.27 bits per heavy atom. The van der Waals surface area contributed by atoms with E-state index in [-0.39, 0.29) is 16.3 Å². The first-order valence-corrected chi connectivity index (χ1v) is 11.0. The van der Waals surface area contributed by atoms with Crippen molar-refractivity contribution >= 4 is 58.5 Å². The van der Waals surface area contributed by atoms with Crippen LogP contribution in [-0.4, -0.2) is 45.2 Å². The first-order chi connectivity index (χ1) is 15.8. The number of ether oxygens (including phenoxy) is 2. The number of rotatable bonds is 5. The van der Waals surface area contributed by atoms with Crippen LogP contribution in [0.2, 0.25) is 10.0 Å². The molecule has 0 aliphatic carbocycles. The van der Waals surface area contributed by atoms with Gasteiger partial charge in [0, 0.05) is 29.7 Å². The second-order valence-electron chi connectivity index (χ2n) is 7.51. The molecule has 0 bridgehead atoms. The average molecular weight is 490 g/mol. The summed E-state index contributed by atoms with van der Waals surface area (Å²) in [5, 5.41) is 2.61. The molecule has 172 valence electrons. The van der Waals surface area contributed by atoms with Crippen molar-refractivity contribution in [3.05, 3.63) is 51.5 Å². The van der Waals surface area contributed by atoms with Gasteiger partial charge in [0.25, 0.3) is 11.8 Å². The Bertz CT molecular complexity index is 1170. The number of barbiturate groups is 1. The lowest BCUT2D eigenvalue weighted by Gasteiger charge is -2.27. The van der Waals surface area contributed by atoms with E-state index in [0.717, 1.165) is 36.5 Å². The SMILES string of the molecule is COc1cc(N2CCCC2)c(OC)cc1/C=C1\C(=O)NC(=O)N(c2ccc(Cl)cc2Cl)C1=O. The minimum absolute atomic E-state index is 0.0916. The monoisotopic (exact) mass is 489 g/mol.